The molecule has 1 rings (SSSR count). The fourth-order valence-electron chi connectivity index (χ4n) is 2.28. The molecule has 0 spiro atoms. The minimum absolute atomic E-state index is 0.157. The van der Waals surface area contributed by atoms with Crippen LogP contribution in [0.15, 0.2) is 23.1 Å². The molecule has 0 heterocycles. The van der Waals surface area contributed by atoms with E-state index in [4.69, 9.17) is 0 Å². The summed E-state index contributed by atoms with van der Waals surface area (Å²) in [6, 6.07) is 4.96. The molecule has 1 aromatic rings. The number of likely N-dealkylation sites (N-methyl/N-ethyl adjacent to an activating group) is 1. The highest BCUT2D eigenvalue weighted by molar-refractivity contribution is 7.89. The second-order valence-electron chi connectivity index (χ2n) is 5.03. The van der Waals surface area contributed by atoms with Gasteiger partial charge in [-0.2, -0.15) is 0 Å². The number of sulfonamides is 1. The highest BCUT2D eigenvalue weighted by Gasteiger charge is 2.17. The first-order valence-electron chi connectivity index (χ1n) is 7.37. The molecule has 120 valence electrons. The standard InChI is InChI=1S/C15H26N2O3S/c1-4-10-17(5-2)11-9-16-21(19,20)15-8-6-7-14(12-18)13(15)3/h6-8,16,18H,4-5,9-12H2,1-3H3. The molecule has 0 unspecified atom stereocenters. The molecule has 0 fully saturated rings. The normalized spacial score (nSPS) is 12.0. The topological polar surface area (TPSA) is 69.6 Å². The first-order valence-corrected chi connectivity index (χ1v) is 8.85. The van der Waals surface area contributed by atoms with E-state index in [-0.39, 0.29) is 11.5 Å². The molecule has 0 aliphatic carbocycles. The van der Waals surface area contributed by atoms with Gasteiger partial charge in [-0.3, -0.25) is 0 Å². The van der Waals surface area contributed by atoms with Crippen LogP contribution in [0.25, 0.3) is 0 Å². The fourth-order valence-corrected chi connectivity index (χ4v) is 3.59. The average Bonchev–Trinajstić information content (AvgIpc) is 2.46. The van der Waals surface area contributed by atoms with Crippen LogP contribution in [-0.2, 0) is 16.6 Å². The van der Waals surface area contributed by atoms with E-state index in [0.29, 0.717) is 24.2 Å². The minimum atomic E-state index is -3.53. The molecule has 6 heteroatoms. The van der Waals surface area contributed by atoms with Crippen molar-refractivity contribution in [1.82, 2.24) is 9.62 Å². The van der Waals surface area contributed by atoms with Crippen LogP contribution in [-0.4, -0.2) is 44.6 Å². The summed E-state index contributed by atoms with van der Waals surface area (Å²) in [5.41, 5.74) is 1.24. The summed E-state index contributed by atoms with van der Waals surface area (Å²) in [5, 5.41) is 9.23. The molecular weight excluding hydrogens is 288 g/mol. The highest BCUT2D eigenvalue weighted by Crippen LogP contribution is 2.18. The van der Waals surface area contributed by atoms with E-state index in [1.807, 2.05) is 0 Å². The summed E-state index contributed by atoms with van der Waals surface area (Å²) in [6.07, 6.45) is 1.05. The first-order chi connectivity index (χ1) is 9.96. The Morgan fingerprint density at radius 1 is 1.24 bits per heavy atom. The molecule has 2 N–H and O–H groups in total. The van der Waals surface area contributed by atoms with Crippen molar-refractivity contribution >= 4 is 10.0 Å². The third kappa shape index (κ3) is 5.07. The Kier molecular flexibility index (Phi) is 7.31. The Bertz CT molecular complexity index is 544. The number of nitrogens with zero attached hydrogens (tertiary/aromatic N) is 1. The maximum atomic E-state index is 12.3. The molecule has 0 radical (unpaired) electrons. The Morgan fingerprint density at radius 3 is 2.52 bits per heavy atom. The van der Waals surface area contributed by atoms with Gasteiger partial charge in [0.25, 0.3) is 0 Å². The van der Waals surface area contributed by atoms with Crippen LogP contribution in [0.2, 0.25) is 0 Å². The first kappa shape index (κ1) is 18.1. The third-order valence-corrected chi connectivity index (χ3v) is 5.17. The van der Waals surface area contributed by atoms with Crippen molar-refractivity contribution in [2.75, 3.05) is 26.2 Å². The summed E-state index contributed by atoms with van der Waals surface area (Å²) in [4.78, 5) is 2.45. The summed E-state index contributed by atoms with van der Waals surface area (Å²) in [7, 11) is -3.53. The number of hydrogen-bond acceptors (Lipinski definition) is 4. The summed E-state index contributed by atoms with van der Waals surface area (Å²) < 4.78 is 27.3. The third-order valence-electron chi connectivity index (χ3n) is 3.56. The number of nitrogens with one attached hydrogen (secondary N) is 1. The van der Waals surface area contributed by atoms with Gasteiger partial charge in [0.05, 0.1) is 11.5 Å². The largest absolute Gasteiger partial charge is 0.392 e. The van der Waals surface area contributed by atoms with Gasteiger partial charge in [-0.25, -0.2) is 13.1 Å². The molecule has 0 atom stereocenters. The predicted molar refractivity (Wildman–Crippen MR) is 84.7 cm³/mol. The van der Waals surface area contributed by atoms with Crippen LogP contribution >= 0.6 is 0 Å². The molecule has 0 aliphatic rings. The van der Waals surface area contributed by atoms with Crippen molar-refractivity contribution < 1.29 is 13.5 Å². The van der Waals surface area contributed by atoms with Crippen molar-refractivity contribution in [2.24, 2.45) is 0 Å². The van der Waals surface area contributed by atoms with Gasteiger partial charge in [-0.15, -0.1) is 0 Å². The van der Waals surface area contributed by atoms with Crippen LogP contribution in [0.1, 0.15) is 31.4 Å². The van der Waals surface area contributed by atoms with Crippen LogP contribution in [0.3, 0.4) is 0 Å². The quantitative estimate of drug-likeness (QED) is 0.725. The summed E-state index contributed by atoms with van der Waals surface area (Å²) >= 11 is 0. The maximum Gasteiger partial charge on any atom is 0.240 e. The SMILES string of the molecule is CCCN(CC)CCNS(=O)(=O)c1cccc(CO)c1C. The molecule has 0 aliphatic heterocycles. The van der Waals surface area contributed by atoms with Crippen LogP contribution in [0, 0.1) is 6.92 Å². The van der Waals surface area contributed by atoms with Gasteiger partial charge in [0.1, 0.15) is 0 Å². The van der Waals surface area contributed by atoms with Crippen molar-refractivity contribution in [3.05, 3.63) is 29.3 Å². The van der Waals surface area contributed by atoms with Crippen LogP contribution in [0.5, 0.6) is 0 Å². The second kappa shape index (κ2) is 8.48. The van der Waals surface area contributed by atoms with Crippen LogP contribution in [0.4, 0.5) is 0 Å². The van der Waals surface area contributed by atoms with E-state index in [1.54, 1.807) is 25.1 Å². The van der Waals surface area contributed by atoms with Gasteiger partial charge in [0, 0.05) is 13.1 Å². The van der Waals surface area contributed by atoms with E-state index in [0.717, 1.165) is 19.5 Å². The lowest BCUT2D eigenvalue weighted by Crippen LogP contribution is -2.35. The number of benzene rings is 1. The van der Waals surface area contributed by atoms with E-state index in [2.05, 4.69) is 23.5 Å². The number of rotatable bonds is 9. The van der Waals surface area contributed by atoms with Gasteiger partial charge < -0.3 is 10.0 Å². The Morgan fingerprint density at radius 2 is 1.95 bits per heavy atom. The number of hydrogen-bond donors (Lipinski definition) is 2. The predicted octanol–water partition coefficient (Wildman–Crippen LogP) is 1.50. The second-order valence-corrected chi connectivity index (χ2v) is 6.77. The molecule has 0 bridgehead atoms. The smallest absolute Gasteiger partial charge is 0.240 e. The van der Waals surface area contributed by atoms with E-state index >= 15 is 0 Å². The van der Waals surface area contributed by atoms with Gasteiger partial charge >= 0.3 is 0 Å². The molecule has 5 nitrogen and oxygen atoms in total. The van der Waals surface area contributed by atoms with Gasteiger partial charge in [-0.05, 0) is 43.6 Å². The van der Waals surface area contributed by atoms with Crippen molar-refractivity contribution in [1.29, 1.82) is 0 Å². The Hall–Kier alpha value is -0.950. The minimum Gasteiger partial charge on any atom is -0.392 e. The van der Waals surface area contributed by atoms with E-state index < -0.39 is 10.0 Å². The van der Waals surface area contributed by atoms with Gasteiger partial charge in [-0.1, -0.05) is 26.0 Å². The molecule has 21 heavy (non-hydrogen) atoms. The van der Waals surface area contributed by atoms with E-state index in [1.165, 1.54) is 0 Å². The number of aliphatic hydroxyl groups excluding tert-OH is 1. The summed E-state index contributed by atoms with van der Waals surface area (Å²) in [6.45, 7) is 8.70. The van der Waals surface area contributed by atoms with Gasteiger partial charge in [0.15, 0.2) is 0 Å². The maximum absolute atomic E-state index is 12.3. The lowest BCUT2D eigenvalue weighted by atomic mass is 10.1. The van der Waals surface area contributed by atoms with E-state index in [9.17, 15) is 13.5 Å². The Labute approximate surface area is 128 Å². The zero-order valence-electron chi connectivity index (χ0n) is 13.1. The molecule has 0 saturated carbocycles. The fraction of sp³-hybridized carbons (Fsp3) is 0.600. The number of aliphatic hydroxyl groups is 1. The molecule has 0 amide bonds. The highest BCUT2D eigenvalue weighted by atomic mass is 32.2. The monoisotopic (exact) mass is 314 g/mol. The van der Waals surface area contributed by atoms with Crippen molar-refractivity contribution in [3.63, 3.8) is 0 Å². The molecule has 0 saturated heterocycles. The van der Waals surface area contributed by atoms with Gasteiger partial charge in [0.2, 0.25) is 10.0 Å². The lowest BCUT2D eigenvalue weighted by Gasteiger charge is -2.19. The van der Waals surface area contributed by atoms with Crippen LogP contribution < -0.4 is 4.72 Å². The zero-order chi connectivity index (χ0) is 15.9. The molecular formula is C15H26N2O3S. The zero-order valence-corrected chi connectivity index (χ0v) is 13.9. The summed E-state index contributed by atoms with van der Waals surface area (Å²) in [5.74, 6) is 0. The molecule has 1 aromatic carbocycles. The lowest BCUT2D eigenvalue weighted by molar-refractivity contribution is 0.280. The van der Waals surface area contributed by atoms with Crippen molar-refractivity contribution in [2.45, 2.75) is 38.7 Å². The van der Waals surface area contributed by atoms with Crippen molar-refractivity contribution in [3.8, 4) is 0 Å². The Balaban J connectivity index is 2.74. The molecule has 0 aromatic heterocycles. The average molecular weight is 314 g/mol.